The first-order chi connectivity index (χ1) is 3.06. The molecule has 2 N–H and O–H groups in total. The quantitative estimate of drug-likeness (QED) is 0.458. The molecule has 0 spiro atoms. The molecule has 0 aromatic heterocycles. The number of nitrogens with two attached hydrogens (primary N) is 1. The van der Waals surface area contributed by atoms with Crippen molar-refractivity contribution >= 4 is 16.3 Å². The minimum absolute atomic E-state index is 0.183. The monoisotopic (exact) mass is 122 g/mol. The summed E-state index contributed by atoms with van der Waals surface area (Å²) in [6, 6.07) is 0. The molecule has 7 heavy (non-hydrogen) atoms. The molecule has 0 fully saturated rings. The molecule has 1 unspecified atom stereocenters. The lowest BCUT2D eigenvalue weighted by atomic mass is 11.5. The van der Waals surface area contributed by atoms with E-state index in [0.29, 0.717) is 0 Å². The van der Waals surface area contributed by atoms with Crippen LogP contribution < -0.4 is 5.14 Å². The standard InChI is InChI=1S/C2H6N2O2S/c1-7(3,6)4-2-5/h2H,1H3,(H2,3,4,5,6). The normalized spacial score (nSPS) is 17.4. The van der Waals surface area contributed by atoms with Gasteiger partial charge in [-0.05, 0) is 0 Å². The van der Waals surface area contributed by atoms with Crippen LogP contribution in [0, 0.1) is 0 Å². The van der Waals surface area contributed by atoms with Gasteiger partial charge in [-0.15, -0.1) is 0 Å². The van der Waals surface area contributed by atoms with Crippen LogP contribution >= 0.6 is 0 Å². The van der Waals surface area contributed by atoms with Gasteiger partial charge in [0, 0.05) is 6.26 Å². The predicted octanol–water partition coefficient (Wildman–Crippen LogP) is -0.886. The lowest BCUT2D eigenvalue weighted by molar-refractivity contribution is -0.106. The van der Waals surface area contributed by atoms with Crippen molar-refractivity contribution in [2.75, 3.05) is 6.26 Å². The van der Waals surface area contributed by atoms with Crippen molar-refractivity contribution in [3.8, 4) is 0 Å². The van der Waals surface area contributed by atoms with E-state index in [2.05, 4.69) is 4.36 Å². The Bertz CT molecular complexity index is 159. The summed E-state index contributed by atoms with van der Waals surface area (Å²) in [5, 5.41) is 4.78. The fraction of sp³-hybridized carbons (Fsp3) is 0.500. The second-order valence-corrected chi connectivity index (χ2v) is 3.00. The van der Waals surface area contributed by atoms with Gasteiger partial charge in [-0.1, -0.05) is 0 Å². The summed E-state index contributed by atoms with van der Waals surface area (Å²) < 4.78 is 13.0. The second kappa shape index (κ2) is 2.04. The Morgan fingerprint density at radius 2 is 2.29 bits per heavy atom. The largest absolute Gasteiger partial charge is 0.276 e. The third-order valence-corrected chi connectivity index (χ3v) is 0.757. The zero-order valence-electron chi connectivity index (χ0n) is 3.83. The molecule has 0 aliphatic rings. The predicted molar refractivity (Wildman–Crippen MR) is 26.7 cm³/mol. The van der Waals surface area contributed by atoms with Crippen molar-refractivity contribution in [3.05, 3.63) is 0 Å². The van der Waals surface area contributed by atoms with E-state index in [4.69, 9.17) is 5.14 Å². The van der Waals surface area contributed by atoms with Crippen LogP contribution in [0.4, 0.5) is 0 Å². The topological polar surface area (TPSA) is 72.5 Å². The van der Waals surface area contributed by atoms with Gasteiger partial charge < -0.3 is 0 Å². The maximum atomic E-state index is 10.2. The Labute approximate surface area is 42.0 Å². The number of hydrogen-bond acceptors (Lipinski definition) is 2. The molecule has 0 bridgehead atoms. The lowest BCUT2D eigenvalue weighted by Gasteiger charge is -1.83. The summed E-state index contributed by atoms with van der Waals surface area (Å²) in [5.74, 6) is 0. The summed E-state index contributed by atoms with van der Waals surface area (Å²) in [7, 11) is -2.67. The number of carbonyl (C=O) groups is 1. The molecular formula is C2H6N2O2S. The van der Waals surface area contributed by atoms with Gasteiger partial charge in [-0.3, -0.25) is 4.79 Å². The molecule has 4 nitrogen and oxygen atoms in total. The maximum absolute atomic E-state index is 10.2. The molecular weight excluding hydrogens is 116 g/mol. The highest BCUT2D eigenvalue weighted by Gasteiger charge is 1.82. The molecule has 0 radical (unpaired) electrons. The van der Waals surface area contributed by atoms with Crippen LogP contribution in [-0.4, -0.2) is 16.9 Å². The summed E-state index contributed by atoms with van der Waals surface area (Å²) in [6.45, 7) is 0. The SMILES string of the molecule is CS(N)(=O)=NC=O. The lowest BCUT2D eigenvalue weighted by Crippen LogP contribution is -2.08. The molecule has 1 atom stereocenters. The van der Waals surface area contributed by atoms with Gasteiger partial charge in [-0.25, -0.2) is 9.35 Å². The molecule has 0 aromatic rings. The molecule has 0 saturated carbocycles. The Kier molecular flexibility index (Phi) is 1.91. The van der Waals surface area contributed by atoms with Crippen LogP contribution in [0.5, 0.6) is 0 Å². The van der Waals surface area contributed by atoms with Crippen molar-refractivity contribution < 1.29 is 9.00 Å². The first kappa shape index (κ1) is 6.58. The number of rotatable bonds is 1. The number of amides is 1. The van der Waals surface area contributed by atoms with Gasteiger partial charge in [0.2, 0.25) is 6.41 Å². The first-order valence-corrected chi connectivity index (χ1v) is 3.47. The molecule has 0 saturated heterocycles. The van der Waals surface area contributed by atoms with Crippen molar-refractivity contribution in [1.29, 1.82) is 0 Å². The Hall–Kier alpha value is -0.420. The highest BCUT2D eigenvalue weighted by Crippen LogP contribution is 1.69. The van der Waals surface area contributed by atoms with Gasteiger partial charge in [0.1, 0.15) is 9.92 Å². The van der Waals surface area contributed by atoms with Gasteiger partial charge in [0.25, 0.3) is 0 Å². The van der Waals surface area contributed by atoms with Crippen molar-refractivity contribution in [3.63, 3.8) is 0 Å². The zero-order chi connectivity index (χ0) is 5.91. The van der Waals surface area contributed by atoms with E-state index < -0.39 is 9.92 Å². The van der Waals surface area contributed by atoms with E-state index in [-0.39, 0.29) is 6.41 Å². The fourth-order valence-electron chi connectivity index (χ4n) is 0.0854. The second-order valence-electron chi connectivity index (χ2n) is 1.07. The van der Waals surface area contributed by atoms with E-state index in [1.807, 2.05) is 0 Å². The molecule has 0 rings (SSSR count). The van der Waals surface area contributed by atoms with Crippen LogP contribution in [-0.2, 0) is 14.7 Å². The smallest absolute Gasteiger partial charge is 0.242 e. The highest BCUT2D eigenvalue weighted by molar-refractivity contribution is 7.90. The van der Waals surface area contributed by atoms with E-state index >= 15 is 0 Å². The minimum atomic E-state index is -2.67. The maximum Gasteiger partial charge on any atom is 0.242 e. The average Bonchev–Trinajstić information content (AvgIpc) is 1.30. The van der Waals surface area contributed by atoms with Crippen molar-refractivity contribution in [1.82, 2.24) is 0 Å². The third-order valence-electron chi connectivity index (χ3n) is 0.252. The molecule has 0 aliphatic carbocycles. The van der Waals surface area contributed by atoms with Crippen LogP contribution in [0.1, 0.15) is 0 Å². The number of nitrogens with zero attached hydrogens (tertiary/aromatic N) is 1. The zero-order valence-corrected chi connectivity index (χ0v) is 4.64. The van der Waals surface area contributed by atoms with Gasteiger partial charge in [0.15, 0.2) is 0 Å². The molecule has 0 heterocycles. The van der Waals surface area contributed by atoms with Crippen LogP contribution in [0.25, 0.3) is 0 Å². The van der Waals surface area contributed by atoms with Crippen molar-refractivity contribution in [2.45, 2.75) is 0 Å². The van der Waals surface area contributed by atoms with Gasteiger partial charge >= 0.3 is 0 Å². The van der Waals surface area contributed by atoms with Gasteiger partial charge in [0.05, 0.1) is 0 Å². The summed E-state index contributed by atoms with van der Waals surface area (Å²) in [6.07, 6.45) is 1.36. The molecule has 5 heteroatoms. The Morgan fingerprint density at radius 1 is 1.86 bits per heavy atom. The molecule has 1 amide bonds. The van der Waals surface area contributed by atoms with E-state index in [1.165, 1.54) is 6.26 Å². The average molecular weight is 122 g/mol. The van der Waals surface area contributed by atoms with Gasteiger partial charge in [-0.2, -0.15) is 4.36 Å². The van der Waals surface area contributed by atoms with E-state index in [0.717, 1.165) is 0 Å². The molecule has 0 aliphatic heterocycles. The minimum Gasteiger partial charge on any atom is -0.276 e. The van der Waals surface area contributed by atoms with Crippen LogP contribution in [0.3, 0.4) is 0 Å². The summed E-state index contributed by atoms with van der Waals surface area (Å²) in [5.41, 5.74) is 0. The Balaban J connectivity index is 4.32. The first-order valence-electron chi connectivity index (χ1n) is 1.49. The van der Waals surface area contributed by atoms with Crippen LogP contribution in [0.15, 0.2) is 4.36 Å². The Morgan fingerprint density at radius 3 is 2.29 bits per heavy atom. The van der Waals surface area contributed by atoms with Crippen molar-refractivity contribution in [2.24, 2.45) is 9.50 Å². The fourth-order valence-corrected chi connectivity index (χ4v) is 0.256. The highest BCUT2D eigenvalue weighted by atomic mass is 32.2. The summed E-state index contributed by atoms with van der Waals surface area (Å²) in [4.78, 5) is 9.39. The summed E-state index contributed by atoms with van der Waals surface area (Å²) >= 11 is 0. The van der Waals surface area contributed by atoms with Crippen LogP contribution in [0.2, 0.25) is 0 Å². The third kappa shape index (κ3) is 5.58. The number of carbonyl (C=O) groups excluding carboxylic acids is 1. The number of hydrogen-bond donors (Lipinski definition) is 1. The van der Waals surface area contributed by atoms with E-state index in [9.17, 15) is 9.00 Å². The molecule has 42 valence electrons. The van der Waals surface area contributed by atoms with E-state index in [1.54, 1.807) is 0 Å². The molecule has 0 aromatic carbocycles.